The molecule has 35 heavy (non-hydrogen) atoms. The van der Waals surface area contributed by atoms with Crippen LogP contribution >= 0.6 is 22.9 Å². The standard InChI is InChI=1S/C25H25ClN4O3S2/c1-29(2)16-5-17-30(25-27-22-6-3-4-7-23(22)34-25)24(31)18-8-12-20(13-9-18)28-35(32,33)21-14-10-19(26)11-15-21/h3-4,6-15,28H,5,16-17H2,1-2H3. The van der Waals surface area contributed by atoms with E-state index in [1.54, 1.807) is 29.2 Å². The predicted octanol–water partition coefficient (Wildman–Crippen LogP) is 5.35. The van der Waals surface area contributed by atoms with Crippen molar-refractivity contribution >= 4 is 59.9 Å². The van der Waals surface area contributed by atoms with Crippen LogP contribution in [0.25, 0.3) is 10.2 Å². The van der Waals surface area contributed by atoms with Crippen LogP contribution in [0, 0.1) is 0 Å². The van der Waals surface area contributed by atoms with Gasteiger partial charge in [0, 0.05) is 22.8 Å². The quantitative estimate of drug-likeness (QED) is 0.317. The van der Waals surface area contributed by atoms with Gasteiger partial charge in [0.2, 0.25) is 0 Å². The number of hydrogen-bond acceptors (Lipinski definition) is 6. The second-order valence-corrected chi connectivity index (χ2v) is 11.3. The number of halogens is 1. The van der Waals surface area contributed by atoms with Crippen molar-refractivity contribution < 1.29 is 13.2 Å². The van der Waals surface area contributed by atoms with Gasteiger partial charge in [-0.15, -0.1) is 0 Å². The molecule has 7 nitrogen and oxygen atoms in total. The first-order chi connectivity index (χ1) is 16.7. The van der Waals surface area contributed by atoms with Crippen LogP contribution in [0.3, 0.4) is 0 Å². The Morgan fingerprint density at radius 2 is 1.66 bits per heavy atom. The van der Waals surface area contributed by atoms with Crippen molar-refractivity contribution in [2.75, 3.05) is 36.8 Å². The van der Waals surface area contributed by atoms with Crippen molar-refractivity contribution in [3.63, 3.8) is 0 Å². The third-order valence-corrected chi connectivity index (χ3v) is 7.96. The molecule has 0 aliphatic carbocycles. The smallest absolute Gasteiger partial charge is 0.261 e. The molecule has 0 unspecified atom stereocenters. The third kappa shape index (κ3) is 6.18. The first kappa shape index (κ1) is 25.1. The lowest BCUT2D eigenvalue weighted by Crippen LogP contribution is -2.33. The molecule has 0 radical (unpaired) electrons. The molecule has 4 aromatic rings. The number of thiazole rings is 1. The highest BCUT2D eigenvalue weighted by Crippen LogP contribution is 2.30. The Morgan fingerprint density at radius 1 is 0.971 bits per heavy atom. The van der Waals surface area contributed by atoms with Crippen LogP contribution in [0.1, 0.15) is 16.8 Å². The van der Waals surface area contributed by atoms with Gasteiger partial charge in [-0.3, -0.25) is 14.4 Å². The van der Waals surface area contributed by atoms with Gasteiger partial charge in [-0.2, -0.15) is 0 Å². The summed E-state index contributed by atoms with van der Waals surface area (Å²) >= 11 is 7.33. The lowest BCUT2D eigenvalue weighted by molar-refractivity contribution is 0.0986. The molecule has 10 heteroatoms. The predicted molar refractivity (Wildman–Crippen MR) is 143 cm³/mol. The number of para-hydroxylation sites is 1. The Bertz CT molecular complexity index is 1390. The minimum Gasteiger partial charge on any atom is -0.309 e. The van der Waals surface area contributed by atoms with Gasteiger partial charge in [0.05, 0.1) is 15.1 Å². The van der Waals surface area contributed by atoms with Gasteiger partial charge in [0.15, 0.2) is 5.13 Å². The molecule has 0 atom stereocenters. The van der Waals surface area contributed by atoms with Gasteiger partial charge in [-0.05, 0) is 87.7 Å². The minimum atomic E-state index is -3.77. The molecule has 1 aromatic heterocycles. The molecule has 1 N–H and O–H groups in total. The number of fused-ring (bicyclic) bond motifs is 1. The fraction of sp³-hybridized carbons (Fsp3) is 0.200. The largest absolute Gasteiger partial charge is 0.309 e. The molecule has 0 spiro atoms. The summed E-state index contributed by atoms with van der Waals surface area (Å²) in [5.74, 6) is -0.185. The maximum atomic E-state index is 13.5. The summed E-state index contributed by atoms with van der Waals surface area (Å²) < 4.78 is 28.8. The fourth-order valence-corrected chi connectivity index (χ4v) is 5.64. The Kier molecular flexibility index (Phi) is 7.71. The van der Waals surface area contributed by atoms with Crippen molar-refractivity contribution in [3.8, 4) is 0 Å². The number of amides is 1. The summed E-state index contributed by atoms with van der Waals surface area (Å²) in [7, 11) is 0.213. The monoisotopic (exact) mass is 528 g/mol. The number of rotatable bonds is 9. The second-order valence-electron chi connectivity index (χ2n) is 8.21. The molecule has 0 bridgehead atoms. The van der Waals surface area contributed by atoms with Gasteiger partial charge in [-0.1, -0.05) is 35.1 Å². The Labute approximate surface area is 214 Å². The molecule has 1 heterocycles. The molecular weight excluding hydrogens is 504 g/mol. The van der Waals surface area contributed by atoms with Crippen molar-refractivity contribution in [1.29, 1.82) is 0 Å². The van der Waals surface area contributed by atoms with E-state index in [2.05, 4.69) is 14.6 Å². The zero-order valence-corrected chi connectivity index (χ0v) is 21.7. The molecule has 0 aliphatic heterocycles. The molecule has 182 valence electrons. The maximum Gasteiger partial charge on any atom is 0.261 e. The van der Waals surface area contributed by atoms with E-state index in [1.807, 2.05) is 38.4 Å². The number of carbonyl (C=O) groups excluding carboxylic acids is 1. The van der Waals surface area contributed by atoms with Gasteiger partial charge in [-0.25, -0.2) is 13.4 Å². The molecule has 4 rings (SSSR count). The van der Waals surface area contributed by atoms with Crippen molar-refractivity contribution in [2.24, 2.45) is 0 Å². The van der Waals surface area contributed by atoms with Crippen LogP contribution in [-0.4, -0.2) is 51.4 Å². The van der Waals surface area contributed by atoms with Crippen LogP contribution in [0.15, 0.2) is 77.7 Å². The lowest BCUT2D eigenvalue weighted by Gasteiger charge is -2.21. The first-order valence-electron chi connectivity index (χ1n) is 10.9. The van der Waals surface area contributed by atoms with Crippen LogP contribution in [0.5, 0.6) is 0 Å². The number of aromatic nitrogens is 1. The van der Waals surface area contributed by atoms with E-state index in [0.29, 0.717) is 27.9 Å². The summed E-state index contributed by atoms with van der Waals surface area (Å²) in [5, 5.41) is 1.09. The second kappa shape index (κ2) is 10.7. The summed E-state index contributed by atoms with van der Waals surface area (Å²) in [6, 6.07) is 20.1. The zero-order chi connectivity index (χ0) is 25.0. The summed E-state index contributed by atoms with van der Waals surface area (Å²) in [5.41, 5.74) is 1.66. The van der Waals surface area contributed by atoms with Crippen molar-refractivity contribution in [3.05, 3.63) is 83.4 Å². The fourth-order valence-electron chi connectivity index (χ4n) is 3.47. The molecule has 0 saturated carbocycles. The highest BCUT2D eigenvalue weighted by Gasteiger charge is 2.22. The summed E-state index contributed by atoms with van der Waals surface area (Å²) in [6.07, 6.45) is 0.785. The molecule has 0 aliphatic rings. The lowest BCUT2D eigenvalue weighted by atomic mass is 10.2. The Balaban J connectivity index is 1.55. The van der Waals surface area contributed by atoms with Crippen LogP contribution in [0.4, 0.5) is 10.8 Å². The molecule has 0 saturated heterocycles. The Morgan fingerprint density at radius 3 is 2.31 bits per heavy atom. The summed E-state index contributed by atoms with van der Waals surface area (Å²) in [4.78, 5) is 22.0. The van der Waals surface area contributed by atoms with E-state index in [9.17, 15) is 13.2 Å². The van der Waals surface area contributed by atoms with Crippen LogP contribution in [-0.2, 0) is 10.0 Å². The van der Waals surface area contributed by atoms with E-state index in [0.717, 1.165) is 23.2 Å². The first-order valence-corrected chi connectivity index (χ1v) is 13.6. The van der Waals surface area contributed by atoms with Gasteiger partial charge in [0.25, 0.3) is 15.9 Å². The number of benzene rings is 3. The van der Waals surface area contributed by atoms with E-state index < -0.39 is 10.0 Å². The minimum absolute atomic E-state index is 0.102. The highest BCUT2D eigenvalue weighted by molar-refractivity contribution is 7.92. The molecule has 0 fully saturated rings. The average molecular weight is 529 g/mol. The average Bonchev–Trinajstić information content (AvgIpc) is 3.26. The van der Waals surface area contributed by atoms with Gasteiger partial charge >= 0.3 is 0 Å². The number of hydrogen-bond donors (Lipinski definition) is 1. The van der Waals surface area contributed by atoms with Crippen LogP contribution in [0.2, 0.25) is 5.02 Å². The maximum absolute atomic E-state index is 13.5. The highest BCUT2D eigenvalue weighted by atomic mass is 35.5. The number of sulfonamides is 1. The van der Waals surface area contributed by atoms with E-state index in [1.165, 1.54) is 35.6 Å². The number of anilines is 2. The topological polar surface area (TPSA) is 82.6 Å². The van der Waals surface area contributed by atoms with Crippen LogP contribution < -0.4 is 9.62 Å². The zero-order valence-electron chi connectivity index (χ0n) is 19.3. The number of nitrogens with zero attached hydrogens (tertiary/aromatic N) is 3. The van der Waals surface area contributed by atoms with E-state index >= 15 is 0 Å². The number of carbonyl (C=O) groups is 1. The van der Waals surface area contributed by atoms with Crippen molar-refractivity contribution in [1.82, 2.24) is 9.88 Å². The summed E-state index contributed by atoms with van der Waals surface area (Å²) in [6.45, 7) is 1.35. The molecule has 3 aromatic carbocycles. The Hall–Kier alpha value is -2.98. The molecule has 1 amide bonds. The van der Waals surface area contributed by atoms with E-state index in [-0.39, 0.29) is 10.8 Å². The van der Waals surface area contributed by atoms with Crippen molar-refractivity contribution in [2.45, 2.75) is 11.3 Å². The molecular formula is C25H25ClN4O3S2. The number of nitrogens with one attached hydrogen (secondary N) is 1. The van der Waals surface area contributed by atoms with Gasteiger partial charge < -0.3 is 4.90 Å². The third-order valence-electron chi connectivity index (χ3n) is 5.25. The SMILES string of the molecule is CN(C)CCCN(C(=O)c1ccc(NS(=O)(=O)c2ccc(Cl)cc2)cc1)c1nc2ccccc2s1. The van der Waals surface area contributed by atoms with E-state index in [4.69, 9.17) is 11.6 Å². The normalized spacial score (nSPS) is 11.7. The van der Waals surface area contributed by atoms with Gasteiger partial charge in [0.1, 0.15) is 0 Å².